The van der Waals surface area contributed by atoms with E-state index in [0.29, 0.717) is 19.1 Å². The van der Waals surface area contributed by atoms with Crippen molar-refractivity contribution in [2.75, 3.05) is 13.1 Å². The third-order valence-corrected chi connectivity index (χ3v) is 5.96. The molecule has 1 heterocycles. The van der Waals surface area contributed by atoms with E-state index in [1.807, 2.05) is 18.2 Å². The van der Waals surface area contributed by atoms with E-state index in [4.69, 9.17) is 5.41 Å². The van der Waals surface area contributed by atoms with Crippen LogP contribution in [0.2, 0.25) is 0 Å². The molecule has 0 spiro atoms. The minimum absolute atomic E-state index is 0.237. The summed E-state index contributed by atoms with van der Waals surface area (Å²) in [5, 5.41) is 38.1. The number of quaternary nitrogens is 1. The summed E-state index contributed by atoms with van der Waals surface area (Å²) < 4.78 is 14.7. The van der Waals surface area contributed by atoms with Crippen LogP contribution in [-0.2, 0) is 0 Å². The van der Waals surface area contributed by atoms with Crippen molar-refractivity contribution in [2.45, 2.75) is 25.8 Å². The lowest BCUT2D eigenvalue weighted by Crippen LogP contribution is -3.16. The highest BCUT2D eigenvalue weighted by Gasteiger charge is 2.59. The molecule has 2 N–H and O–H groups in total. The van der Waals surface area contributed by atoms with Gasteiger partial charge in [-0.2, -0.15) is 15.8 Å². The second kappa shape index (κ2) is 6.95. The summed E-state index contributed by atoms with van der Waals surface area (Å²) in [4.78, 5) is 1.25. The van der Waals surface area contributed by atoms with Crippen LogP contribution < -0.4 is 4.90 Å². The molecule has 0 radical (unpaired) electrons. The van der Waals surface area contributed by atoms with Crippen LogP contribution in [-0.4, -0.2) is 24.8 Å². The van der Waals surface area contributed by atoms with Crippen molar-refractivity contribution < 1.29 is 9.29 Å². The number of rotatable bonds is 2. The van der Waals surface area contributed by atoms with Gasteiger partial charge in [-0.1, -0.05) is 18.2 Å². The second-order valence-corrected chi connectivity index (χ2v) is 7.54. The molecule has 1 aromatic carbocycles. The van der Waals surface area contributed by atoms with Crippen molar-refractivity contribution >= 4 is 5.71 Å². The van der Waals surface area contributed by atoms with E-state index in [-0.39, 0.29) is 17.2 Å². The Morgan fingerprint density at radius 3 is 2.44 bits per heavy atom. The molecule has 3 rings (SSSR count). The summed E-state index contributed by atoms with van der Waals surface area (Å²) in [7, 11) is 0. The summed E-state index contributed by atoms with van der Waals surface area (Å²) in [6.07, 6.45) is 1.96. The zero-order valence-corrected chi connectivity index (χ0v) is 15.3. The molecule has 1 aliphatic carbocycles. The quantitative estimate of drug-likeness (QED) is 0.787. The Hall–Kier alpha value is -3.01. The van der Waals surface area contributed by atoms with Gasteiger partial charge in [0.1, 0.15) is 11.7 Å². The van der Waals surface area contributed by atoms with Crippen LogP contribution in [0.1, 0.15) is 25.3 Å². The topological polar surface area (TPSA) is 99.7 Å². The van der Waals surface area contributed by atoms with Gasteiger partial charge in [0.25, 0.3) is 0 Å². The van der Waals surface area contributed by atoms with Gasteiger partial charge >= 0.3 is 0 Å². The van der Waals surface area contributed by atoms with Crippen molar-refractivity contribution in [3.05, 3.63) is 47.3 Å². The second-order valence-electron chi connectivity index (χ2n) is 7.54. The van der Waals surface area contributed by atoms with Crippen LogP contribution in [0.3, 0.4) is 0 Å². The number of fused-ring (bicyclic) bond motifs is 1. The number of nitrogens with one attached hydrogen (secondary N) is 2. The van der Waals surface area contributed by atoms with Crippen molar-refractivity contribution in [3.63, 3.8) is 0 Å². The van der Waals surface area contributed by atoms with E-state index >= 15 is 0 Å². The first kappa shape index (κ1) is 18.8. The molecule has 6 heteroatoms. The van der Waals surface area contributed by atoms with Crippen LogP contribution in [0.4, 0.5) is 4.39 Å². The molecule has 0 bridgehead atoms. The normalized spacial score (nSPS) is 29.1. The molecule has 0 aromatic heterocycles. The molecule has 5 nitrogen and oxygen atoms in total. The minimum atomic E-state index is -1.86. The van der Waals surface area contributed by atoms with E-state index < -0.39 is 23.1 Å². The molecular weight excluding hydrogens is 341 g/mol. The highest BCUT2D eigenvalue weighted by Crippen LogP contribution is 2.52. The lowest BCUT2D eigenvalue weighted by atomic mass is 9.54. The van der Waals surface area contributed by atoms with Crippen LogP contribution in [0, 0.1) is 62.5 Å². The van der Waals surface area contributed by atoms with Gasteiger partial charge in [-0.05, 0) is 37.1 Å². The Morgan fingerprint density at radius 2 is 1.89 bits per heavy atom. The Morgan fingerprint density at radius 1 is 1.22 bits per heavy atom. The predicted molar refractivity (Wildman–Crippen MR) is 97.0 cm³/mol. The summed E-state index contributed by atoms with van der Waals surface area (Å²) in [5.74, 6) is -2.56. The van der Waals surface area contributed by atoms with Crippen LogP contribution in [0.5, 0.6) is 0 Å². The number of halogens is 1. The largest absolute Gasteiger partial charge is 0.329 e. The SMILES string of the molecule is CC(C)[NH+]1CC=C2C(C#N)C(=N)C(C#N)(C#N)[C@@H](c3ccccc3F)[C@@H]2C1. The average molecular weight is 362 g/mol. The van der Waals surface area contributed by atoms with Gasteiger partial charge < -0.3 is 10.3 Å². The maximum atomic E-state index is 14.7. The molecule has 2 unspecified atom stereocenters. The van der Waals surface area contributed by atoms with Crippen molar-refractivity contribution in [1.29, 1.82) is 21.2 Å². The molecule has 1 aliphatic heterocycles. The molecule has 1 aromatic rings. The molecule has 0 saturated heterocycles. The fourth-order valence-electron chi connectivity index (χ4n) is 4.46. The van der Waals surface area contributed by atoms with E-state index in [1.165, 1.54) is 11.0 Å². The van der Waals surface area contributed by atoms with E-state index in [0.717, 1.165) is 5.57 Å². The van der Waals surface area contributed by atoms with Gasteiger partial charge in [-0.25, -0.2) is 4.39 Å². The fourth-order valence-corrected chi connectivity index (χ4v) is 4.46. The number of nitriles is 3. The van der Waals surface area contributed by atoms with Gasteiger partial charge in [-0.3, -0.25) is 0 Å². The average Bonchev–Trinajstić information content (AvgIpc) is 2.67. The first-order chi connectivity index (χ1) is 12.9. The first-order valence-electron chi connectivity index (χ1n) is 9.01. The predicted octanol–water partition coefficient (Wildman–Crippen LogP) is 1.97. The fraction of sp³-hybridized carbons (Fsp3) is 0.429. The number of hydrogen-bond donors (Lipinski definition) is 2. The molecule has 1 saturated carbocycles. The molecule has 2 aliphatic rings. The monoisotopic (exact) mass is 362 g/mol. The highest BCUT2D eigenvalue weighted by molar-refractivity contribution is 6.00. The van der Waals surface area contributed by atoms with Crippen molar-refractivity contribution in [2.24, 2.45) is 17.3 Å². The Labute approximate surface area is 158 Å². The molecule has 0 amide bonds. The number of benzene rings is 1. The van der Waals surface area contributed by atoms with Crippen LogP contribution in [0.15, 0.2) is 35.9 Å². The zero-order valence-electron chi connectivity index (χ0n) is 15.3. The summed E-state index contributed by atoms with van der Waals surface area (Å²) in [6.45, 7) is 5.48. The lowest BCUT2D eigenvalue weighted by molar-refractivity contribution is -0.920. The standard InChI is InChI=1S/C21H20FN5/c1-13(2)27-8-7-14-16(9-23)20(26)21(11-24,12-25)19(17(14)10-27)15-5-3-4-6-18(15)22/h3-7,13,16-17,19,26H,8,10H2,1-2H3/p+1/t16?,17-,19+/m1/s1. The first-order valence-corrected chi connectivity index (χ1v) is 9.01. The molecule has 1 fully saturated rings. The Balaban J connectivity index is 2.27. The van der Waals surface area contributed by atoms with Crippen LogP contribution in [0.25, 0.3) is 0 Å². The smallest absolute Gasteiger partial charge is 0.190 e. The molecule has 27 heavy (non-hydrogen) atoms. The zero-order chi connectivity index (χ0) is 19.8. The molecule has 136 valence electrons. The van der Waals surface area contributed by atoms with Crippen LogP contribution >= 0.6 is 0 Å². The summed E-state index contributed by atoms with van der Waals surface area (Å²) in [6, 6.07) is 12.6. The maximum absolute atomic E-state index is 14.7. The third kappa shape index (κ3) is 2.72. The van der Waals surface area contributed by atoms with Gasteiger partial charge in [-0.15, -0.1) is 0 Å². The number of hydrogen-bond acceptors (Lipinski definition) is 4. The Kier molecular flexibility index (Phi) is 4.83. The van der Waals surface area contributed by atoms with Gasteiger partial charge in [0, 0.05) is 11.8 Å². The lowest BCUT2D eigenvalue weighted by Gasteiger charge is -2.47. The van der Waals surface area contributed by atoms with E-state index in [1.54, 1.807) is 18.2 Å². The Bertz CT molecular complexity index is 913. The van der Waals surface area contributed by atoms with Gasteiger partial charge in [0.05, 0.1) is 43.1 Å². The highest BCUT2D eigenvalue weighted by atomic mass is 19.1. The van der Waals surface area contributed by atoms with Gasteiger partial charge in [0.15, 0.2) is 5.41 Å². The van der Waals surface area contributed by atoms with Crippen molar-refractivity contribution in [1.82, 2.24) is 0 Å². The maximum Gasteiger partial charge on any atom is 0.190 e. The van der Waals surface area contributed by atoms with Crippen molar-refractivity contribution in [3.8, 4) is 18.2 Å². The minimum Gasteiger partial charge on any atom is -0.329 e. The number of nitrogens with zero attached hydrogens (tertiary/aromatic N) is 3. The summed E-state index contributed by atoms with van der Waals surface area (Å²) in [5.41, 5.74) is -1.08. The van der Waals surface area contributed by atoms with E-state index in [2.05, 4.69) is 19.9 Å². The summed E-state index contributed by atoms with van der Waals surface area (Å²) >= 11 is 0. The molecular formula is C21H21FN5+. The van der Waals surface area contributed by atoms with E-state index in [9.17, 15) is 20.2 Å². The third-order valence-electron chi connectivity index (χ3n) is 5.96. The molecule has 4 atom stereocenters. The van der Waals surface area contributed by atoms with Gasteiger partial charge in [0.2, 0.25) is 0 Å².